The van der Waals surface area contributed by atoms with Crippen LogP contribution < -0.4 is 11.1 Å². The van der Waals surface area contributed by atoms with Crippen LogP contribution >= 0.6 is 11.3 Å². The van der Waals surface area contributed by atoms with E-state index in [9.17, 15) is 4.79 Å². The van der Waals surface area contributed by atoms with Crippen molar-refractivity contribution in [3.05, 3.63) is 16.1 Å². The van der Waals surface area contributed by atoms with Gasteiger partial charge in [0.25, 0.3) is 5.91 Å². The summed E-state index contributed by atoms with van der Waals surface area (Å²) in [4.78, 5) is 16.3. The Kier molecular flexibility index (Phi) is 5.94. The van der Waals surface area contributed by atoms with Crippen molar-refractivity contribution in [2.45, 2.75) is 53.0 Å². The average molecular weight is 283 g/mol. The van der Waals surface area contributed by atoms with Crippen LogP contribution in [0.25, 0.3) is 0 Å². The number of hydrogen-bond donors (Lipinski definition) is 2. The Morgan fingerprint density at radius 2 is 2.21 bits per heavy atom. The fourth-order valence-corrected chi connectivity index (χ4v) is 2.47. The SMILES string of the molecule is CC(CCC(C)(C)C)NC(=O)c1csc(CCN)n1. The highest BCUT2D eigenvalue weighted by atomic mass is 32.1. The zero-order chi connectivity index (χ0) is 14.5. The summed E-state index contributed by atoms with van der Waals surface area (Å²) >= 11 is 1.50. The molecule has 0 aliphatic rings. The van der Waals surface area contributed by atoms with E-state index in [1.54, 1.807) is 5.38 Å². The molecule has 0 aliphatic heterocycles. The molecule has 0 aliphatic carbocycles. The molecule has 3 N–H and O–H groups in total. The maximum atomic E-state index is 12.0. The van der Waals surface area contributed by atoms with Crippen LogP contribution in [0, 0.1) is 5.41 Å². The molecule has 0 bridgehead atoms. The second kappa shape index (κ2) is 7.01. The van der Waals surface area contributed by atoms with Crippen molar-refractivity contribution >= 4 is 17.2 Å². The highest BCUT2D eigenvalue weighted by molar-refractivity contribution is 7.09. The van der Waals surface area contributed by atoms with Gasteiger partial charge in [-0.1, -0.05) is 20.8 Å². The van der Waals surface area contributed by atoms with Crippen molar-refractivity contribution in [2.75, 3.05) is 6.54 Å². The lowest BCUT2D eigenvalue weighted by atomic mass is 9.89. The lowest BCUT2D eigenvalue weighted by Gasteiger charge is -2.21. The summed E-state index contributed by atoms with van der Waals surface area (Å²) in [5.74, 6) is -0.0825. The van der Waals surface area contributed by atoms with Gasteiger partial charge in [-0.2, -0.15) is 0 Å². The molecule has 0 saturated heterocycles. The van der Waals surface area contributed by atoms with Gasteiger partial charge in [-0.25, -0.2) is 4.98 Å². The van der Waals surface area contributed by atoms with Crippen molar-refractivity contribution in [3.63, 3.8) is 0 Å². The first-order valence-electron chi connectivity index (χ1n) is 6.77. The predicted molar refractivity (Wildman–Crippen MR) is 80.5 cm³/mol. The number of aromatic nitrogens is 1. The number of amides is 1. The summed E-state index contributed by atoms with van der Waals surface area (Å²) in [5.41, 5.74) is 6.28. The van der Waals surface area contributed by atoms with Crippen LogP contribution in [0.2, 0.25) is 0 Å². The molecule has 4 nitrogen and oxygen atoms in total. The van der Waals surface area contributed by atoms with Crippen molar-refractivity contribution in [2.24, 2.45) is 11.1 Å². The normalized spacial score (nSPS) is 13.3. The molecule has 1 rings (SSSR count). The van der Waals surface area contributed by atoms with E-state index >= 15 is 0 Å². The van der Waals surface area contributed by atoms with Crippen LogP contribution in [0.5, 0.6) is 0 Å². The Morgan fingerprint density at radius 3 is 2.79 bits per heavy atom. The third-order valence-corrected chi connectivity index (χ3v) is 3.76. The molecule has 0 aromatic carbocycles. The van der Waals surface area contributed by atoms with Crippen LogP contribution in [-0.2, 0) is 6.42 Å². The number of carbonyl (C=O) groups excluding carboxylic acids is 1. The molecule has 0 saturated carbocycles. The quantitative estimate of drug-likeness (QED) is 0.843. The van der Waals surface area contributed by atoms with Gasteiger partial charge in [0.2, 0.25) is 0 Å². The number of nitrogens with two attached hydrogens (primary N) is 1. The molecule has 0 radical (unpaired) electrons. The first-order valence-corrected chi connectivity index (χ1v) is 7.65. The number of rotatable bonds is 6. The molecule has 0 spiro atoms. The third kappa shape index (κ3) is 6.16. The lowest BCUT2D eigenvalue weighted by Crippen LogP contribution is -2.33. The molecule has 1 aromatic heterocycles. The minimum absolute atomic E-state index is 0.0825. The Labute approximate surface area is 119 Å². The van der Waals surface area contributed by atoms with Crippen molar-refractivity contribution < 1.29 is 4.79 Å². The summed E-state index contributed by atoms with van der Waals surface area (Å²) in [6.07, 6.45) is 2.80. The highest BCUT2D eigenvalue weighted by Crippen LogP contribution is 2.21. The monoisotopic (exact) mass is 283 g/mol. The summed E-state index contributed by atoms with van der Waals surface area (Å²) < 4.78 is 0. The maximum absolute atomic E-state index is 12.0. The Morgan fingerprint density at radius 1 is 1.53 bits per heavy atom. The summed E-state index contributed by atoms with van der Waals surface area (Å²) in [6, 6.07) is 0.173. The van der Waals surface area contributed by atoms with Crippen molar-refractivity contribution in [3.8, 4) is 0 Å². The number of thiazole rings is 1. The minimum Gasteiger partial charge on any atom is -0.348 e. The van der Waals surface area contributed by atoms with E-state index in [-0.39, 0.29) is 11.9 Å². The Balaban J connectivity index is 2.45. The number of carbonyl (C=O) groups is 1. The van der Waals surface area contributed by atoms with Gasteiger partial charge in [-0.3, -0.25) is 4.79 Å². The number of nitrogens with one attached hydrogen (secondary N) is 1. The van der Waals surface area contributed by atoms with Gasteiger partial charge in [0.05, 0.1) is 5.01 Å². The largest absolute Gasteiger partial charge is 0.348 e. The van der Waals surface area contributed by atoms with Crippen molar-refractivity contribution in [1.82, 2.24) is 10.3 Å². The second-order valence-electron chi connectivity index (χ2n) is 6.14. The zero-order valence-electron chi connectivity index (χ0n) is 12.3. The van der Waals surface area contributed by atoms with Gasteiger partial charge in [0.1, 0.15) is 5.69 Å². The van der Waals surface area contributed by atoms with Gasteiger partial charge in [0, 0.05) is 17.8 Å². The van der Waals surface area contributed by atoms with E-state index in [1.165, 1.54) is 11.3 Å². The Hall–Kier alpha value is -0.940. The van der Waals surface area contributed by atoms with Crippen LogP contribution in [0.1, 0.15) is 56.0 Å². The first kappa shape index (κ1) is 16.1. The van der Waals surface area contributed by atoms with Crippen LogP contribution in [0.15, 0.2) is 5.38 Å². The fourth-order valence-electron chi connectivity index (χ4n) is 1.67. The predicted octanol–water partition coefficient (Wildman–Crippen LogP) is 2.59. The number of nitrogens with zero attached hydrogens (tertiary/aromatic N) is 1. The molecule has 1 heterocycles. The van der Waals surface area contributed by atoms with E-state index in [4.69, 9.17) is 5.73 Å². The lowest BCUT2D eigenvalue weighted by molar-refractivity contribution is 0.0931. The molecule has 108 valence electrons. The van der Waals surface area contributed by atoms with Crippen LogP contribution in [0.4, 0.5) is 0 Å². The van der Waals surface area contributed by atoms with Gasteiger partial charge >= 0.3 is 0 Å². The van der Waals surface area contributed by atoms with Crippen molar-refractivity contribution in [1.29, 1.82) is 0 Å². The molecule has 1 amide bonds. The van der Waals surface area contributed by atoms with Gasteiger partial charge in [0.15, 0.2) is 0 Å². The molecular formula is C14H25N3OS. The van der Waals surface area contributed by atoms with E-state index < -0.39 is 0 Å². The van der Waals surface area contributed by atoms with Gasteiger partial charge in [-0.15, -0.1) is 11.3 Å². The topological polar surface area (TPSA) is 68.0 Å². The standard InChI is InChI=1S/C14H25N3OS/c1-10(5-7-14(2,3)4)16-13(18)11-9-19-12(17-11)6-8-15/h9-10H,5-8,15H2,1-4H3,(H,16,18). The molecule has 5 heteroatoms. The molecule has 1 unspecified atom stereocenters. The molecule has 0 fully saturated rings. The molecule has 1 atom stereocenters. The zero-order valence-corrected chi connectivity index (χ0v) is 13.1. The van der Waals surface area contributed by atoms with Crippen LogP contribution in [0.3, 0.4) is 0 Å². The van der Waals surface area contributed by atoms with E-state index in [2.05, 4.69) is 31.1 Å². The Bertz CT molecular complexity index is 409. The van der Waals surface area contributed by atoms with E-state index in [0.717, 1.165) is 24.3 Å². The highest BCUT2D eigenvalue weighted by Gasteiger charge is 2.16. The molecule has 19 heavy (non-hydrogen) atoms. The third-order valence-electron chi connectivity index (χ3n) is 2.85. The van der Waals surface area contributed by atoms with E-state index in [0.29, 0.717) is 17.7 Å². The van der Waals surface area contributed by atoms with Crippen LogP contribution in [-0.4, -0.2) is 23.5 Å². The summed E-state index contributed by atoms with van der Waals surface area (Å²) in [6.45, 7) is 9.23. The van der Waals surface area contributed by atoms with Gasteiger partial charge < -0.3 is 11.1 Å². The molecular weight excluding hydrogens is 258 g/mol. The summed E-state index contributed by atoms with van der Waals surface area (Å²) in [7, 11) is 0. The van der Waals surface area contributed by atoms with E-state index in [1.807, 2.05) is 6.92 Å². The fraction of sp³-hybridized carbons (Fsp3) is 0.714. The first-order chi connectivity index (χ1) is 8.81. The second-order valence-corrected chi connectivity index (χ2v) is 7.08. The van der Waals surface area contributed by atoms with Gasteiger partial charge in [-0.05, 0) is 31.7 Å². The maximum Gasteiger partial charge on any atom is 0.270 e. The average Bonchev–Trinajstić information content (AvgIpc) is 2.75. The summed E-state index contributed by atoms with van der Waals surface area (Å²) in [5, 5.41) is 5.73. The molecule has 1 aromatic rings. The number of hydrogen-bond acceptors (Lipinski definition) is 4. The minimum atomic E-state index is -0.0825. The smallest absolute Gasteiger partial charge is 0.270 e.